The molecule has 0 aliphatic rings. The van der Waals surface area contributed by atoms with Crippen LogP contribution in [0.15, 0.2) is 18.3 Å². The Morgan fingerprint density at radius 2 is 2.11 bits per heavy atom. The molecule has 1 rings (SSSR count). The molecule has 0 saturated heterocycles. The van der Waals surface area contributed by atoms with E-state index in [2.05, 4.69) is 31.1 Å². The molecule has 3 heteroatoms. The molecule has 1 N–H and O–H groups in total. The van der Waals surface area contributed by atoms with Crippen LogP contribution in [0.1, 0.15) is 58.2 Å². The zero-order chi connectivity index (χ0) is 13.4. The lowest BCUT2D eigenvalue weighted by Crippen LogP contribution is -2.24. The van der Waals surface area contributed by atoms with E-state index >= 15 is 0 Å². The molecule has 0 saturated carbocycles. The van der Waals surface area contributed by atoms with Crippen LogP contribution in [0.4, 0.5) is 4.39 Å². The Balaban J connectivity index is 2.62. The zero-order valence-corrected chi connectivity index (χ0v) is 11.7. The molecule has 0 spiro atoms. The van der Waals surface area contributed by atoms with Gasteiger partial charge >= 0.3 is 0 Å². The van der Waals surface area contributed by atoms with E-state index in [1.807, 2.05) is 0 Å². The number of pyridine rings is 1. The molecule has 18 heavy (non-hydrogen) atoms. The lowest BCUT2D eigenvalue weighted by molar-refractivity contribution is 0.425. The van der Waals surface area contributed by atoms with Crippen LogP contribution in [0.2, 0.25) is 0 Å². The van der Waals surface area contributed by atoms with Crippen molar-refractivity contribution in [3.63, 3.8) is 0 Å². The summed E-state index contributed by atoms with van der Waals surface area (Å²) in [6.45, 7) is 7.46. The molecule has 0 radical (unpaired) electrons. The molecule has 2 nitrogen and oxygen atoms in total. The Hall–Kier alpha value is -0.960. The topological polar surface area (TPSA) is 24.9 Å². The summed E-state index contributed by atoms with van der Waals surface area (Å²) < 4.78 is 13.8. The van der Waals surface area contributed by atoms with Crippen LogP contribution in [-0.2, 0) is 0 Å². The minimum Gasteiger partial charge on any atom is -0.309 e. The molecule has 1 aromatic heterocycles. The van der Waals surface area contributed by atoms with Crippen molar-refractivity contribution in [1.82, 2.24) is 10.3 Å². The molecule has 0 bridgehead atoms. The summed E-state index contributed by atoms with van der Waals surface area (Å²) in [5.74, 6) is 0.501. The van der Waals surface area contributed by atoms with Crippen LogP contribution in [-0.4, -0.2) is 11.5 Å². The largest absolute Gasteiger partial charge is 0.309 e. The van der Waals surface area contributed by atoms with Crippen LogP contribution < -0.4 is 5.32 Å². The van der Waals surface area contributed by atoms with E-state index in [4.69, 9.17) is 0 Å². The van der Waals surface area contributed by atoms with E-state index in [1.165, 1.54) is 12.5 Å². The summed E-state index contributed by atoms with van der Waals surface area (Å²) in [6, 6.07) is 3.18. The molecule has 1 unspecified atom stereocenters. The monoisotopic (exact) mass is 252 g/mol. The fourth-order valence-corrected chi connectivity index (χ4v) is 2.04. The fourth-order valence-electron chi connectivity index (χ4n) is 2.04. The molecule has 1 heterocycles. The molecular weight excluding hydrogens is 227 g/mol. The van der Waals surface area contributed by atoms with Gasteiger partial charge in [-0.05, 0) is 37.4 Å². The predicted molar refractivity (Wildman–Crippen MR) is 73.9 cm³/mol. The van der Waals surface area contributed by atoms with Gasteiger partial charge in [0.2, 0.25) is 0 Å². The van der Waals surface area contributed by atoms with Gasteiger partial charge in [0.15, 0.2) is 0 Å². The second kappa shape index (κ2) is 8.20. The summed E-state index contributed by atoms with van der Waals surface area (Å²) in [5, 5.41) is 3.40. The van der Waals surface area contributed by atoms with Crippen LogP contribution in [0, 0.1) is 11.7 Å². The Bertz CT molecular complexity index is 339. The van der Waals surface area contributed by atoms with Gasteiger partial charge < -0.3 is 5.32 Å². The summed E-state index contributed by atoms with van der Waals surface area (Å²) in [6.07, 6.45) is 5.95. The lowest BCUT2D eigenvalue weighted by Gasteiger charge is -2.19. The number of hydrogen-bond donors (Lipinski definition) is 1. The average molecular weight is 252 g/mol. The molecule has 1 aromatic rings. The highest BCUT2D eigenvalue weighted by Crippen LogP contribution is 2.21. The first kappa shape index (κ1) is 15.1. The quantitative estimate of drug-likeness (QED) is 0.754. The molecule has 0 aromatic carbocycles. The molecule has 0 amide bonds. The minimum atomic E-state index is -0.198. The van der Waals surface area contributed by atoms with Gasteiger partial charge in [0.1, 0.15) is 5.82 Å². The highest BCUT2D eigenvalue weighted by Gasteiger charge is 2.16. The maximum atomic E-state index is 13.8. The molecular formula is C15H25FN2. The van der Waals surface area contributed by atoms with Gasteiger partial charge in [-0.3, -0.25) is 4.98 Å². The first-order valence-electron chi connectivity index (χ1n) is 6.99. The number of halogens is 1. The Kier molecular flexibility index (Phi) is 6.88. The maximum absolute atomic E-state index is 13.8. The average Bonchev–Trinajstić information content (AvgIpc) is 2.34. The first-order chi connectivity index (χ1) is 8.65. The van der Waals surface area contributed by atoms with Gasteiger partial charge in [0.05, 0.1) is 11.7 Å². The number of aromatic nitrogens is 1. The minimum absolute atomic E-state index is 0.0462. The van der Waals surface area contributed by atoms with E-state index < -0.39 is 0 Å². The van der Waals surface area contributed by atoms with Gasteiger partial charge in [-0.25, -0.2) is 4.39 Å². The highest BCUT2D eigenvalue weighted by molar-refractivity contribution is 5.11. The van der Waals surface area contributed by atoms with Crippen LogP contribution in [0.5, 0.6) is 0 Å². The molecule has 0 aliphatic carbocycles. The maximum Gasteiger partial charge on any atom is 0.146 e. The summed E-state index contributed by atoms with van der Waals surface area (Å²) in [4.78, 5) is 4.19. The van der Waals surface area contributed by atoms with E-state index in [1.54, 1.807) is 12.3 Å². The first-order valence-corrected chi connectivity index (χ1v) is 6.99. The summed E-state index contributed by atoms with van der Waals surface area (Å²) in [7, 11) is 0. The van der Waals surface area contributed by atoms with Gasteiger partial charge in [0.25, 0.3) is 0 Å². The van der Waals surface area contributed by atoms with E-state index in [-0.39, 0.29) is 11.9 Å². The van der Waals surface area contributed by atoms with Gasteiger partial charge in [-0.1, -0.05) is 33.6 Å². The van der Waals surface area contributed by atoms with Crippen molar-refractivity contribution in [3.8, 4) is 0 Å². The Labute approximate surface area is 110 Å². The molecule has 102 valence electrons. The Morgan fingerprint density at radius 1 is 1.33 bits per heavy atom. The van der Waals surface area contributed by atoms with Crippen molar-refractivity contribution in [2.45, 2.75) is 52.5 Å². The van der Waals surface area contributed by atoms with Crippen molar-refractivity contribution in [2.75, 3.05) is 6.54 Å². The van der Waals surface area contributed by atoms with Crippen LogP contribution in [0.3, 0.4) is 0 Å². The summed E-state index contributed by atoms with van der Waals surface area (Å²) in [5.41, 5.74) is 0.565. The number of nitrogens with one attached hydrogen (secondary N) is 1. The van der Waals surface area contributed by atoms with Gasteiger partial charge in [-0.15, -0.1) is 0 Å². The number of nitrogens with zero attached hydrogens (tertiary/aromatic N) is 1. The van der Waals surface area contributed by atoms with Gasteiger partial charge in [0, 0.05) is 6.20 Å². The third kappa shape index (κ3) is 5.13. The third-order valence-electron chi connectivity index (χ3n) is 3.03. The highest BCUT2D eigenvalue weighted by atomic mass is 19.1. The standard InChI is InChI=1S/C15H25FN2/c1-4-10-17-14(9-5-7-12(2)3)15-13(16)8-6-11-18-15/h6,8,11-12,14,17H,4-5,7,9-10H2,1-3H3. The second-order valence-corrected chi connectivity index (χ2v) is 5.20. The van der Waals surface area contributed by atoms with Crippen LogP contribution >= 0.6 is 0 Å². The normalized spacial score (nSPS) is 12.9. The van der Waals surface area contributed by atoms with Crippen molar-refractivity contribution in [3.05, 3.63) is 29.8 Å². The smallest absolute Gasteiger partial charge is 0.146 e. The molecule has 1 atom stereocenters. The predicted octanol–water partition coefficient (Wildman–Crippen LogP) is 4.09. The molecule has 0 fully saturated rings. The molecule has 0 aliphatic heterocycles. The number of hydrogen-bond acceptors (Lipinski definition) is 2. The van der Waals surface area contributed by atoms with Crippen molar-refractivity contribution in [1.29, 1.82) is 0 Å². The zero-order valence-electron chi connectivity index (χ0n) is 11.7. The van der Waals surface area contributed by atoms with Crippen molar-refractivity contribution >= 4 is 0 Å². The van der Waals surface area contributed by atoms with Crippen molar-refractivity contribution < 1.29 is 4.39 Å². The SMILES string of the molecule is CCCNC(CCCC(C)C)c1ncccc1F. The summed E-state index contributed by atoms with van der Waals surface area (Å²) >= 11 is 0. The number of rotatable bonds is 8. The van der Waals surface area contributed by atoms with Gasteiger partial charge in [-0.2, -0.15) is 0 Å². The van der Waals surface area contributed by atoms with Crippen LogP contribution in [0.25, 0.3) is 0 Å². The third-order valence-corrected chi connectivity index (χ3v) is 3.03. The Morgan fingerprint density at radius 3 is 2.72 bits per heavy atom. The van der Waals surface area contributed by atoms with Crippen molar-refractivity contribution in [2.24, 2.45) is 5.92 Å². The second-order valence-electron chi connectivity index (χ2n) is 5.20. The van der Waals surface area contributed by atoms with E-state index in [9.17, 15) is 4.39 Å². The lowest BCUT2D eigenvalue weighted by atomic mass is 10.0. The van der Waals surface area contributed by atoms with E-state index in [0.717, 1.165) is 25.8 Å². The van der Waals surface area contributed by atoms with E-state index in [0.29, 0.717) is 11.6 Å². The fraction of sp³-hybridized carbons (Fsp3) is 0.667.